The molecule has 5 heteroatoms. The molecule has 5 nitrogen and oxygen atoms in total. The SMILES string of the molecule is N#Cc1cccc(C(=O)NC[C@@]2(O)CCOC2)c1. The van der Waals surface area contributed by atoms with Gasteiger partial charge in [-0.1, -0.05) is 6.07 Å². The Morgan fingerprint density at radius 2 is 2.44 bits per heavy atom. The van der Waals surface area contributed by atoms with E-state index in [9.17, 15) is 9.90 Å². The number of nitrogens with zero attached hydrogens (tertiary/aromatic N) is 1. The number of aliphatic hydroxyl groups is 1. The molecular formula is C13H14N2O3. The molecule has 1 atom stereocenters. The van der Waals surface area contributed by atoms with E-state index in [1.54, 1.807) is 18.2 Å². The summed E-state index contributed by atoms with van der Waals surface area (Å²) in [4.78, 5) is 11.8. The summed E-state index contributed by atoms with van der Waals surface area (Å²) in [5.41, 5.74) is -0.121. The summed E-state index contributed by atoms with van der Waals surface area (Å²) < 4.78 is 5.09. The number of nitriles is 1. The van der Waals surface area contributed by atoms with Gasteiger partial charge in [-0.3, -0.25) is 4.79 Å². The predicted molar refractivity (Wildman–Crippen MR) is 63.9 cm³/mol. The number of rotatable bonds is 3. The maximum absolute atomic E-state index is 11.8. The van der Waals surface area contributed by atoms with Gasteiger partial charge in [0.05, 0.1) is 18.2 Å². The van der Waals surface area contributed by atoms with Crippen LogP contribution in [0.15, 0.2) is 24.3 Å². The largest absolute Gasteiger partial charge is 0.386 e. The monoisotopic (exact) mass is 246 g/mol. The molecule has 0 saturated carbocycles. The van der Waals surface area contributed by atoms with E-state index in [0.717, 1.165) is 0 Å². The Morgan fingerprint density at radius 1 is 1.61 bits per heavy atom. The number of hydrogen-bond donors (Lipinski definition) is 2. The van der Waals surface area contributed by atoms with Gasteiger partial charge in [0.25, 0.3) is 5.91 Å². The van der Waals surface area contributed by atoms with Crippen molar-refractivity contribution in [1.82, 2.24) is 5.32 Å². The Bertz CT molecular complexity index is 487. The molecular weight excluding hydrogens is 232 g/mol. The van der Waals surface area contributed by atoms with Crippen molar-refractivity contribution >= 4 is 5.91 Å². The second kappa shape index (κ2) is 5.17. The molecule has 1 fully saturated rings. The van der Waals surface area contributed by atoms with Gasteiger partial charge in [-0.25, -0.2) is 0 Å². The minimum Gasteiger partial charge on any atom is -0.386 e. The molecule has 2 rings (SSSR count). The smallest absolute Gasteiger partial charge is 0.251 e. The summed E-state index contributed by atoms with van der Waals surface area (Å²) in [6.45, 7) is 0.907. The summed E-state index contributed by atoms with van der Waals surface area (Å²) in [6, 6.07) is 8.41. The maximum Gasteiger partial charge on any atom is 0.251 e. The highest BCUT2D eigenvalue weighted by atomic mass is 16.5. The van der Waals surface area contributed by atoms with Crippen LogP contribution in [0.2, 0.25) is 0 Å². The lowest BCUT2D eigenvalue weighted by atomic mass is 10.0. The Hall–Kier alpha value is -1.90. The molecule has 1 aliphatic heterocycles. The van der Waals surface area contributed by atoms with Gasteiger partial charge in [-0.15, -0.1) is 0 Å². The molecule has 0 aromatic heterocycles. The first kappa shape index (κ1) is 12.6. The van der Waals surface area contributed by atoms with Gasteiger partial charge >= 0.3 is 0 Å². The molecule has 1 aromatic carbocycles. The van der Waals surface area contributed by atoms with Crippen molar-refractivity contribution in [1.29, 1.82) is 5.26 Å². The Kier molecular flexibility index (Phi) is 3.60. The molecule has 0 unspecified atom stereocenters. The van der Waals surface area contributed by atoms with Crippen LogP contribution in [-0.4, -0.2) is 36.4 Å². The number of carbonyl (C=O) groups excluding carboxylic acids is 1. The zero-order valence-electron chi connectivity index (χ0n) is 9.85. The zero-order chi connectivity index (χ0) is 13.0. The third kappa shape index (κ3) is 2.86. The second-order valence-corrected chi connectivity index (χ2v) is 4.40. The Balaban J connectivity index is 1.97. The van der Waals surface area contributed by atoms with E-state index in [-0.39, 0.29) is 19.1 Å². The van der Waals surface area contributed by atoms with E-state index in [0.29, 0.717) is 24.2 Å². The first-order chi connectivity index (χ1) is 8.63. The highest BCUT2D eigenvalue weighted by Gasteiger charge is 2.32. The molecule has 1 saturated heterocycles. The lowest BCUT2D eigenvalue weighted by Gasteiger charge is -2.20. The predicted octanol–water partition coefficient (Wildman–Crippen LogP) is 0.439. The van der Waals surface area contributed by atoms with Crippen molar-refractivity contribution in [3.63, 3.8) is 0 Å². The van der Waals surface area contributed by atoms with Crippen molar-refractivity contribution in [2.75, 3.05) is 19.8 Å². The second-order valence-electron chi connectivity index (χ2n) is 4.40. The molecule has 0 radical (unpaired) electrons. The Morgan fingerprint density at radius 3 is 3.11 bits per heavy atom. The van der Waals surface area contributed by atoms with E-state index in [4.69, 9.17) is 10.00 Å². The molecule has 2 N–H and O–H groups in total. The van der Waals surface area contributed by atoms with Crippen molar-refractivity contribution in [3.05, 3.63) is 35.4 Å². The first-order valence-electron chi connectivity index (χ1n) is 5.71. The lowest BCUT2D eigenvalue weighted by Crippen LogP contribution is -2.43. The first-order valence-corrected chi connectivity index (χ1v) is 5.71. The molecule has 1 aliphatic rings. The fourth-order valence-electron chi connectivity index (χ4n) is 1.81. The molecule has 0 aliphatic carbocycles. The number of amides is 1. The van der Waals surface area contributed by atoms with E-state index in [2.05, 4.69) is 5.32 Å². The van der Waals surface area contributed by atoms with Crippen LogP contribution in [0.1, 0.15) is 22.3 Å². The third-order valence-corrected chi connectivity index (χ3v) is 2.91. The minimum absolute atomic E-state index is 0.155. The maximum atomic E-state index is 11.8. The van der Waals surface area contributed by atoms with Crippen LogP contribution >= 0.6 is 0 Å². The highest BCUT2D eigenvalue weighted by Crippen LogP contribution is 2.17. The van der Waals surface area contributed by atoms with Crippen LogP contribution in [0.3, 0.4) is 0 Å². The van der Waals surface area contributed by atoms with Crippen molar-refractivity contribution < 1.29 is 14.6 Å². The molecule has 1 aromatic rings. The van der Waals surface area contributed by atoms with Gasteiger partial charge in [0.15, 0.2) is 0 Å². The van der Waals surface area contributed by atoms with Gasteiger partial charge in [-0.05, 0) is 18.2 Å². The average molecular weight is 246 g/mol. The average Bonchev–Trinajstić information content (AvgIpc) is 2.83. The lowest BCUT2D eigenvalue weighted by molar-refractivity contribution is 0.0264. The summed E-state index contributed by atoms with van der Waals surface area (Å²) in [5.74, 6) is -0.299. The van der Waals surface area contributed by atoms with Gasteiger partial charge in [-0.2, -0.15) is 5.26 Å². The van der Waals surface area contributed by atoms with Crippen molar-refractivity contribution in [2.24, 2.45) is 0 Å². The summed E-state index contributed by atoms with van der Waals surface area (Å²) in [7, 11) is 0. The van der Waals surface area contributed by atoms with Crippen LogP contribution in [0.5, 0.6) is 0 Å². The number of benzene rings is 1. The number of nitrogens with one attached hydrogen (secondary N) is 1. The van der Waals surface area contributed by atoms with Crippen LogP contribution in [0.25, 0.3) is 0 Å². The zero-order valence-corrected chi connectivity index (χ0v) is 9.85. The van der Waals surface area contributed by atoms with Crippen LogP contribution in [0.4, 0.5) is 0 Å². The molecule has 1 amide bonds. The van der Waals surface area contributed by atoms with Crippen LogP contribution in [0, 0.1) is 11.3 Å². The van der Waals surface area contributed by atoms with E-state index in [1.807, 2.05) is 6.07 Å². The fraction of sp³-hybridized carbons (Fsp3) is 0.385. The topological polar surface area (TPSA) is 82.4 Å². The van der Waals surface area contributed by atoms with E-state index >= 15 is 0 Å². The van der Waals surface area contributed by atoms with Crippen LogP contribution in [-0.2, 0) is 4.74 Å². The van der Waals surface area contributed by atoms with Gasteiger partial charge in [0, 0.05) is 25.1 Å². The molecule has 0 spiro atoms. The number of carbonyl (C=O) groups is 1. The van der Waals surface area contributed by atoms with E-state index in [1.165, 1.54) is 6.07 Å². The van der Waals surface area contributed by atoms with Gasteiger partial charge < -0.3 is 15.2 Å². The highest BCUT2D eigenvalue weighted by molar-refractivity contribution is 5.94. The Labute approximate surface area is 105 Å². The fourth-order valence-corrected chi connectivity index (χ4v) is 1.81. The summed E-state index contributed by atoms with van der Waals surface area (Å²) in [5, 5.41) is 21.4. The van der Waals surface area contributed by atoms with Gasteiger partial charge in [0.2, 0.25) is 0 Å². The van der Waals surface area contributed by atoms with Gasteiger partial charge in [0.1, 0.15) is 5.60 Å². The molecule has 18 heavy (non-hydrogen) atoms. The summed E-state index contributed by atoms with van der Waals surface area (Å²) in [6.07, 6.45) is 0.519. The number of ether oxygens (including phenoxy) is 1. The van der Waals surface area contributed by atoms with Crippen molar-refractivity contribution in [2.45, 2.75) is 12.0 Å². The third-order valence-electron chi connectivity index (χ3n) is 2.91. The minimum atomic E-state index is -0.970. The quantitative estimate of drug-likeness (QED) is 0.810. The molecule has 1 heterocycles. The van der Waals surface area contributed by atoms with Crippen molar-refractivity contribution in [3.8, 4) is 6.07 Å². The van der Waals surface area contributed by atoms with E-state index < -0.39 is 5.60 Å². The normalized spacial score (nSPS) is 22.4. The molecule has 94 valence electrons. The molecule has 0 bridgehead atoms. The standard InChI is InChI=1S/C13H14N2O3/c14-7-10-2-1-3-11(6-10)12(16)15-8-13(17)4-5-18-9-13/h1-3,6,17H,4-5,8-9H2,(H,15,16)/t13-/m0/s1. The van der Waals surface area contributed by atoms with Crippen LogP contribution < -0.4 is 5.32 Å². The summed E-state index contributed by atoms with van der Waals surface area (Å²) >= 11 is 0. The number of hydrogen-bond acceptors (Lipinski definition) is 4.